The van der Waals surface area contributed by atoms with Crippen LogP contribution in [0.25, 0.3) is 0 Å². The maximum atomic E-state index is 12.0. The Morgan fingerprint density at radius 3 is 1.67 bits per heavy atom. The second-order valence-corrected chi connectivity index (χ2v) is 3.81. The number of rotatable bonds is 4. The summed E-state index contributed by atoms with van der Waals surface area (Å²) in [4.78, 5) is 12.0. The van der Waals surface area contributed by atoms with Crippen LogP contribution in [-0.2, 0) is 0 Å². The second kappa shape index (κ2) is 5.19. The summed E-state index contributed by atoms with van der Waals surface area (Å²) < 4.78 is 0. The van der Waals surface area contributed by atoms with Crippen molar-refractivity contribution < 1.29 is 4.79 Å². The van der Waals surface area contributed by atoms with Crippen molar-refractivity contribution in [3.63, 3.8) is 0 Å². The smallest absolute Gasteiger partial charge is 0.212 e. The molecule has 2 aromatic rings. The number of carbonyl (C=O) groups is 1. The number of ketones is 1. The lowest BCUT2D eigenvalue weighted by Crippen LogP contribution is -2.23. The molecule has 0 aliphatic rings. The molecule has 2 N–H and O–H groups in total. The van der Waals surface area contributed by atoms with Gasteiger partial charge in [-0.05, 0) is 0 Å². The molecule has 88 valence electrons. The third-order valence-electron chi connectivity index (χ3n) is 2.58. The Balaban J connectivity index is 2.23. The van der Waals surface area contributed by atoms with E-state index in [4.69, 9.17) is 10.8 Å². The molecule has 0 fully saturated rings. The highest BCUT2D eigenvalue weighted by atomic mass is 16.1. The normalized spacial score (nSPS) is 9.78. The molecular weight excluding hydrogens is 224 g/mol. The van der Waals surface area contributed by atoms with E-state index in [9.17, 15) is 4.79 Å². The van der Waals surface area contributed by atoms with Crippen molar-refractivity contribution in [2.75, 3.05) is 0 Å². The Morgan fingerprint density at radius 2 is 1.17 bits per heavy atom. The Labute approximate surface area is 105 Å². The standard InChI is InChI=1S/C15H12N2O/c16-13(11-7-3-1-4-8-11)14(17)15(18)12-9-5-2-6-10-12/h1-10,16-17H. The predicted octanol–water partition coefficient (Wildman–Crippen LogP) is 2.96. The van der Waals surface area contributed by atoms with Gasteiger partial charge < -0.3 is 0 Å². The zero-order valence-corrected chi connectivity index (χ0v) is 9.68. The first kappa shape index (κ1) is 11.9. The molecule has 0 bridgehead atoms. The molecule has 0 aliphatic heterocycles. The van der Waals surface area contributed by atoms with Gasteiger partial charge in [0.1, 0.15) is 5.71 Å². The van der Waals surface area contributed by atoms with Gasteiger partial charge in [0.2, 0.25) is 5.78 Å². The molecular formula is C15H12N2O. The monoisotopic (exact) mass is 236 g/mol. The number of benzene rings is 2. The van der Waals surface area contributed by atoms with Crippen molar-refractivity contribution in [3.05, 3.63) is 71.8 Å². The molecule has 0 aromatic heterocycles. The highest BCUT2D eigenvalue weighted by Crippen LogP contribution is 2.06. The zero-order valence-electron chi connectivity index (χ0n) is 9.68. The topological polar surface area (TPSA) is 64.8 Å². The number of hydrogen-bond donors (Lipinski definition) is 2. The number of Topliss-reactive ketones (excluding diaryl/α,β-unsaturated/α-hetero) is 1. The van der Waals surface area contributed by atoms with E-state index in [-0.39, 0.29) is 11.4 Å². The van der Waals surface area contributed by atoms with E-state index in [0.717, 1.165) is 0 Å². The van der Waals surface area contributed by atoms with Crippen molar-refractivity contribution in [3.8, 4) is 0 Å². The van der Waals surface area contributed by atoms with Crippen LogP contribution in [0.3, 0.4) is 0 Å². The Morgan fingerprint density at radius 1 is 0.722 bits per heavy atom. The fourth-order valence-electron chi connectivity index (χ4n) is 1.60. The lowest BCUT2D eigenvalue weighted by atomic mass is 9.99. The quantitative estimate of drug-likeness (QED) is 0.622. The maximum Gasteiger partial charge on any atom is 0.212 e. The van der Waals surface area contributed by atoms with Crippen LogP contribution in [0.5, 0.6) is 0 Å². The van der Waals surface area contributed by atoms with Gasteiger partial charge in [0.15, 0.2) is 0 Å². The molecule has 0 heterocycles. The minimum absolute atomic E-state index is 0.0514. The van der Waals surface area contributed by atoms with Gasteiger partial charge in [-0.25, -0.2) is 0 Å². The number of carbonyl (C=O) groups excluding carboxylic acids is 1. The first-order chi connectivity index (χ1) is 8.70. The highest BCUT2D eigenvalue weighted by molar-refractivity contribution is 6.71. The lowest BCUT2D eigenvalue weighted by Gasteiger charge is -2.05. The van der Waals surface area contributed by atoms with E-state index in [2.05, 4.69) is 0 Å². The maximum absolute atomic E-state index is 12.0. The number of hydrogen-bond acceptors (Lipinski definition) is 3. The van der Waals surface area contributed by atoms with Gasteiger partial charge in [-0.3, -0.25) is 15.6 Å². The van der Waals surface area contributed by atoms with Crippen molar-refractivity contribution in [2.45, 2.75) is 0 Å². The second-order valence-electron chi connectivity index (χ2n) is 3.81. The van der Waals surface area contributed by atoms with E-state index < -0.39 is 5.78 Å². The van der Waals surface area contributed by atoms with Gasteiger partial charge in [-0.2, -0.15) is 0 Å². The summed E-state index contributed by atoms with van der Waals surface area (Å²) >= 11 is 0. The van der Waals surface area contributed by atoms with E-state index in [1.165, 1.54) is 0 Å². The molecule has 2 aromatic carbocycles. The molecule has 0 aliphatic carbocycles. The predicted molar refractivity (Wildman–Crippen MR) is 71.8 cm³/mol. The first-order valence-corrected chi connectivity index (χ1v) is 5.53. The highest BCUT2D eigenvalue weighted by Gasteiger charge is 2.17. The van der Waals surface area contributed by atoms with E-state index in [1.807, 2.05) is 12.1 Å². The van der Waals surface area contributed by atoms with E-state index >= 15 is 0 Å². The summed E-state index contributed by atoms with van der Waals surface area (Å²) in [5, 5.41) is 15.7. The summed E-state index contributed by atoms with van der Waals surface area (Å²) in [7, 11) is 0. The van der Waals surface area contributed by atoms with Gasteiger partial charge in [0, 0.05) is 11.1 Å². The molecule has 3 heteroatoms. The first-order valence-electron chi connectivity index (χ1n) is 5.53. The third kappa shape index (κ3) is 2.40. The molecule has 0 amide bonds. The lowest BCUT2D eigenvalue weighted by molar-refractivity contribution is 0.106. The van der Waals surface area contributed by atoms with Crippen LogP contribution in [0.2, 0.25) is 0 Å². The van der Waals surface area contributed by atoms with E-state index in [0.29, 0.717) is 11.1 Å². The summed E-state index contributed by atoms with van der Waals surface area (Å²) in [6.07, 6.45) is 0. The fraction of sp³-hybridized carbons (Fsp3) is 0. The van der Waals surface area contributed by atoms with Crippen LogP contribution < -0.4 is 0 Å². The summed E-state index contributed by atoms with van der Waals surface area (Å²) in [6, 6.07) is 17.4. The molecule has 0 spiro atoms. The fourth-order valence-corrected chi connectivity index (χ4v) is 1.60. The average molecular weight is 236 g/mol. The van der Waals surface area contributed by atoms with Crippen molar-refractivity contribution in [2.24, 2.45) is 0 Å². The van der Waals surface area contributed by atoms with Crippen molar-refractivity contribution in [1.29, 1.82) is 10.8 Å². The van der Waals surface area contributed by atoms with Crippen LogP contribution in [0.1, 0.15) is 15.9 Å². The Bertz CT molecular complexity index is 535. The summed E-state index contributed by atoms with van der Waals surface area (Å²) in [5.41, 5.74) is 0.673. The van der Waals surface area contributed by atoms with Crippen LogP contribution >= 0.6 is 0 Å². The van der Waals surface area contributed by atoms with Crippen LogP contribution in [0.15, 0.2) is 60.7 Å². The third-order valence-corrected chi connectivity index (χ3v) is 2.58. The molecule has 3 nitrogen and oxygen atoms in total. The van der Waals surface area contributed by atoms with Crippen LogP contribution in [0, 0.1) is 10.8 Å². The summed E-state index contributed by atoms with van der Waals surface area (Å²) in [6.45, 7) is 0. The molecule has 0 atom stereocenters. The van der Waals surface area contributed by atoms with Gasteiger partial charge in [0.25, 0.3) is 0 Å². The molecule has 0 unspecified atom stereocenters. The van der Waals surface area contributed by atoms with Gasteiger partial charge in [0.05, 0.1) is 5.71 Å². The van der Waals surface area contributed by atoms with Gasteiger partial charge in [-0.1, -0.05) is 60.7 Å². The molecule has 0 saturated heterocycles. The molecule has 0 saturated carbocycles. The minimum atomic E-state index is -0.426. The molecule has 0 radical (unpaired) electrons. The van der Waals surface area contributed by atoms with Crippen molar-refractivity contribution >= 4 is 17.2 Å². The van der Waals surface area contributed by atoms with Gasteiger partial charge in [-0.15, -0.1) is 0 Å². The Hall–Kier alpha value is -2.55. The van der Waals surface area contributed by atoms with Gasteiger partial charge >= 0.3 is 0 Å². The van der Waals surface area contributed by atoms with E-state index in [1.54, 1.807) is 48.5 Å². The molecule has 18 heavy (non-hydrogen) atoms. The van der Waals surface area contributed by atoms with Crippen molar-refractivity contribution in [1.82, 2.24) is 0 Å². The minimum Gasteiger partial charge on any atom is -0.298 e. The average Bonchev–Trinajstić information content (AvgIpc) is 2.47. The number of nitrogens with one attached hydrogen (secondary N) is 2. The summed E-state index contributed by atoms with van der Waals surface area (Å²) in [5.74, 6) is -0.426. The molecule has 2 rings (SSSR count). The zero-order chi connectivity index (χ0) is 13.0. The largest absolute Gasteiger partial charge is 0.298 e. The van der Waals surface area contributed by atoms with Crippen LogP contribution in [0.4, 0.5) is 0 Å². The Kier molecular flexibility index (Phi) is 3.44. The SMILES string of the molecule is N=C(C(=N)c1ccccc1)C(=O)c1ccccc1. The van der Waals surface area contributed by atoms with Crippen LogP contribution in [-0.4, -0.2) is 17.2 Å².